The molecule has 1 N–H and O–H groups in total. The third-order valence-electron chi connectivity index (χ3n) is 7.56. The van der Waals surface area contributed by atoms with E-state index in [9.17, 15) is 13.2 Å². The van der Waals surface area contributed by atoms with E-state index in [2.05, 4.69) is 24.1 Å². The van der Waals surface area contributed by atoms with Gasteiger partial charge in [-0.2, -0.15) is 4.31 Å². The molecule has 2 heterocycles. The van der Waals surface area contributed by atoms with Gasteiger partial charge in [-0.3, -0.25) is 4.79 Å². The highest BCUT2D eigenvalue weighted by Gasteiger charge is 2.32. The monoisotopic (exact) mass is 483 g/mol. The largest absolute Gasteiger partial charge is 0.370 e. The molecule has 7 heteroatoms. The topological polar surface area (TPSA) is 69.7 Å². The van der Waals surface area contributed by atoms with E-state index in [4.69, 9.17) is 0 Å². The number of benzene rings is 2. The molecule has 2 aromatic carbocycles. The van der Waals surface area contributed by atoms with Crippen LogP contribution in [0.4, 0.5) is 11.4 Å². The van der Waals surface area contributed by atoms with Gasteiger partial charge in [-0.25, -0.2) is 8.42 Å². The van der Waals surface area contributed by atoms with Crippen molar-refractivity contribution in [2.24, 2.45) is 11.8 Å². The SMILES string of the molecule is Cc1cccc(NC(=O)c2ccc(N3CCC(C)CC3)c(S(=O)(=O)N3CCC(C)CC3)c2)c1C. The van der Waals surface area contributed by atoms with E-state index in [1.165, 1.54) is 0 Å². The van der Waals surface area contributed by atoms with E-state index in [0.717, 1.165) is 55.6 Å². The molecule has 0 aromatic heterocycles. The second-order valence-electron chi connectivity index (χ2n) is 10.1. The van der Waals surface area contributed by atoms with Crippen LogP contribution in [-0.4, -0.2) is 44.8 Å². The van der Waals surface area contributed by atoms with Gasteiger partial charge in [-0.1, -0.05) is 26.0 Å². The first-order valence-electron chi connectivity index (χ1n) is 12.4. The molecule has 0 spiro atoms. The van der Waals surface area contributed by atoms with Gasteiger partial charge in [-0.05, 0) is 86.8 Å². The summed E-state index contributed by atoms with van der Waals surface area (Å²) in [5.41, 5.74) is 3.92. The summed E-state index contributed by atoms with van der Waals surface area (Å²) in [4.78, 5) is 15.6. The van der Waals surface area contributed by atoms with Crippen molar-refractivity contribution in [3.05, 3.63) is 53.1 Å². The van der Waals surface area contributed by atoms with Gasteiger partial charge < -0.3 is 10.2 Å². The molecule has 0 aliphatic carbocycles. The lowest BCUT2D eigenvalue weighted by Gasteiger charge is -2.35. The molecule has 0 saturated carbocycles. The molecule has 2 fully saturated rings. The predicted octanol–water partition coefficient (Wildman–Crippen LogP) is 5.21. The molecular weight excluding hydrogens is 446 g/mol. The standard InChI is InChI=1S/C27H37N3O3S/c1-19-10-14-29(15-11-19)25-9-8-23(27(31)28-24-7-5-6-21(3)22(24)4)18-26(25)34(32,33)30-16-12-20(2)13-17-30/h5-9,18-20H,10-17H2,1-4H3,(H,28,31). The molecule has 0 unspecified atom stereocenters. The Kier molecular flexibility index (Phi) is 7.33. The van der Waals surface area contributed by atoms with Crippen LogP contribution in [0.15, 0.2) is 41.3 Å². The number of sulfonamides is 1. The summed E-state index contributed by atoms with van der Waals surface area (Å²) in [5.74, 6) is 0.878. The summed E-state index contributed by atoms with van der Waals surface area (Å²) in [5, 5.41) is 2.98. The maximum absolute atomic E-state index is 13.8. The number of nitrogens with zero attached hydrogens (tertiary/aromatic N) is 2. The van der Waals surface area contributed by atoms with Crippen LogP contribution in [0.1, 0.15) is 61.0 Å². The Morgan fingerprint density at radius 1 is 0.912 bits per heavy atom. The molecule has 2 aliphatic rings. The van der Waals surface area contributed by atoms with E-state index in [1.54, 1.807) is 16.4 Å². The van der Waals surface area contributed by atoms with E-state index < -0.39 is 10.0 Å². The number of hydrogen-bond acceptors (Lipinski definition) is 4. The second-order valence-corrected chi connectivity index (χ2v) is 12.0. The van der Waals surface area contributed by atoms with Crippen LogP contribution in [0.25, 0.3) is 0 Å². The molecule has 34 heavy (non-hydrogen) atoms. The highest BCUT2D eigenvalue weighted by Crippen LogP contribution is 2.34. The zero-order chi connectivity index (χ0) is 24.5. The highest BCUT2D eigenvalue weighted by atomic mass is 32.2. The molecule has 4 rings (SSSR count). The van der Waals surface area contributed by atoms with Crippen LogP contribution in [0.3, 0.4) is 0 Å². The van der Waals surface area contributed by atoms with Crippen LogP contribution in [0.2, 0.25) is 0 Å². The molecule has 0 bridgehead atoms. The van der Waals surface area contributed by atoms with E-state index in [-0.39, 0.29) is 10.8 Å². The maximum atomic E-state index is 13.8. The number of anilines is 2. The Bertz CT molecular complexity index is 1150. The molecule has 0 radical (unpaired) electrons. The number of amides is 1. The summed E-state index contributed by atoms with van der Waals surface area (Å²) < 4.78 is 29.2. The van der Waals surface area contributed by atoms with Crippen LogP contribution < -0.4 is 10.2 Å². The average Bonchev–Trinajstić information content (AvgIpc) is 2.82. The normalized spacial score (nSPS) is 18.8. The van der Waals surface area contributed by atoms with Crippen molar-refractivity contribution < 1.29 is 13.2 Å². The zero-order valence-electron chi connectivity index (χ0n) is 20.8. The number of hydrogen-bond donors (Lipinski definition) is 1. The quantitative estimate of drug-likeness (QED) is 0.634. The number of piperidine rings is 2. The number of carbonyl (C=O) groups is 1. The minimum absolute atomic E-state index is 0.255. The van der Waals surface area contributed by atoms with Gasteiger partial charge in [0, 0.05) is 37.4 Å². The predicted molar refractivity (Wildman–Crippen MR) is 138 cm³/mol. The van der Waals surface area contributed by atoms with Gasteiger partial charge in [0.25, 0.3) is 5.91 Å². The summed E-state index contributed by atoms with van der Waals surface area (Å²) in [6.07, 6.45) is 3.80. The van der Waals surface area contributed by atoms with Gasteiger partial charge in [0.05, 0.1) is 5.69 Å². The average molecular weight is 484 g/mol. The third kappa shape index (κ3) is 5.15. The molecule has 0 atom stereocenters. The van der Waals surface area contributed by atoms with Crippen molar-refractivity contribution in [3.8, 4) is 0 Å². The number of rotatable bonds is 5. The summed E-state index contributed by atoms with van der Waals surface area (Å²) in [6, 6.07) is 10.9. The number of carbonyl (C=O) groups excluding carboxylic acids is 1. The Morgan fingerprint density at radius 2 is 1.53 bits per heavy atom. The van der Waals surface area contributed by atoms with Gasteiger partial charge in [0.1, 0.15) is 4.90 Å². The van der Waals surface area contributed by atoms with Crippen molar-refractivity contribution in [1.29, 1.82) is 0 Å². The van der Waals surface area contributed by atoms with Crippen LogP contribution in [-0.2, 0) is 10.0 Å². The van der Waals surface area contributed by atoms with Crippen molar-refractivity contribution in [3.63, 3.8) is 0 Å². The van der Waals surface area contributed by atoms with Crippen molar-refractivity contribution >= 4 is 27.3 Å². The number of nitrogens with one attached hydrogen (secondary N) is 1. The fourth-order valence-electron chi connectivity index (χ4n) is 4.82. The van der Waals surface area contributed by atoms with Gasteiger partial charge in [-0.15, -0.1) is 0 Å². The summed E-state index contributed by atoms with van der Waals surface area (Å²) >= 11 is 0. The Labute approximate surface area is 204 Å². The first kappa shape index (κ1) is 24.7. The second kappa shape index (κ2) is 10.1. The first-order valence-corrected chi connectivity index (χ1v) is 13.9. The van der Waals surface area contributed by atoms with E-state index in [1.807, 2.05) is 38.1 Å². The molecule has 2 aliphatic heterocycles. The van der Waals surface area contributed by atoms with Gasteiger partial charge in [0.2, 0.25) is 10.0 Å². The molecule has 2 saturated heterocycles. The molecule has 6 nitrogen and oxygen atoms in total. The van der Waals surface area contributed by atoms with Crippen molar-refractivity contribution in [2.75, 3.05) is 36.4 Å². The summed E-state index contributed by atoms with van der Waals surface area (Å²) in [6.45, 7) is 11.1. The number of aryl methyl sites for hydroxylation is 1. The molecule has 2 aromatic rings. The third-order valence-corrected chi connectivity index (χ3v) is 9.49. The van der Waals surface area contributed by atoms with Crippen LogP contribution in [0, 0.1) is 25.7 Å². The van der Waals surface area contributed by atoms with E-state index >= 15 is 0 Å². The van der Waals surface area contributed by atoms with E-state index in [0.29, 0.717) is 36.2 Å². The minimum Gasteiger partial charge on any atom is -0.370 e. The smallest absolute Gasteiger partial charge is 0.255 e. The summed E-state index contributed by atoms with van der Waals surface area (Å²) in [7, 11) is -3.71. The fourth-order valence-corrected chi connectivity index (χ4v) is 6.53. The Morgan fingerprint density at radius 3 is 2.18 bits per heavy atom. The molecular formula is C27H37N3O3S. The van der Waals surface area contributed by atoms with Gasteiger partial charge >= 0.3 is 0 Å². The zero-order valence-corrected chi connectivity index (χ0v) is 21.6. The highest BCUT2D eigenvalue weighted by molar-refractivity contribution is 7.89. The lowest BCUT2D eigenvalue weighted by atomic mass is 9.98. The van der Waals surface area contributed by atoms with Crippen LogP contribution >= 0.6 is 0 Å². The molecule has 184 valence electrons. The fraction of sp³-hybridized carbons (Fsp3) is 0.519. The Hall–Kier alpha value is -2.38. The van der Waals surface area contributed by atoms with Crippen molar-refractivity contribution in [1.82, 2.24) is 4.31 Å². The van der Waals surface area contributed by atoms with Gasteiger partial charge in [0.15, 0.2) is 0 Å². The van der Waals surface area contributed by atoms with Crippen LogP contribution in [0.5, 0.6) is 0 Å². The lowest BCUT2D eigenvalue weighted by molar-refractivity contribution is 0.102. The molecule has 1 amide bonds. The first-order chi connectivity index (χ1) is 16.2. The Balaban J connectivity index is 1.69. The maximum Gasteiger partial charge on any atom is 0.255 e. The minimum atomic E-state index is -3.71. The van der Waals surface area contributed by atoms with Crippen molar-refractivity contribution in [2.45, 2.75) is 58.3 Å². The lowest BCUT2D eigenvalue weighted by Crippen LogP contribution is -2.39.